The molecule has 2 heterocycles. The molecular weight excluding hydrogens is 299 g/mol. The lowest BCUT2D eigenvalue weighted by Crippen LogP contribution is -1.98. The minimum atomic E-state index is -3.42. The second-order valence-corrected chi connectivity index (χ2v) is 7.12. The summed E-state index contributed by atoms with van der Waals surface area (Å²) in [7, 11) is -3.42. The van der Waals surface area contributed by atoms with Gasteiger partial charge in [-0.3, -0.25) is 0 Å². The van der Waals surface area contributed by atoms with Crippen LogP contribution in [0.3, 0.4) is 0 Å². The van der Waals surface area contributed by atoms with Gasteiger partial charge in [-0.15, -0.1) is 11.3 Å². The Bertz CT molecular complexity index is 904. The number of aromatic nitrogens is 2. The molecule has 0 aliphatic rings. The summed E-state index contributed by atoms with van der Waals surface area (Å²) in [5.41, 5.74) is 1.54. The fourth-order valence-corrected chi connectivity index (χ4v) is 3.36. The van der Waals surface area contributed by atoms with Crippen molar-refractivity contribution in [3.63, 3.8) is 0 Å². The van der Waals surface area contributed by atoms with Crippen LogP contribution in [0.2, 0.25) is 0 Å². The van der Waals surface area contributed by atoms with E-state index in [4.69, 9.17) is 0 Å². The third-order valence-electron chi connectivity index (χ3n) is 2.83. The summed E-state index contributed by atoms with van der Waals surface area (Å²) in [6.07, 6.45) is 5.18. The number of nitrogens with zero attached hydrogens (tertiary/aromatic N) is 2. The number of hydrogen-bond acceptors (Lipinski definition) is 5. The molecule has 7 heteroatoms. The summed E-state index contributed by atoms with van der Waals surface area (Å²) < 4.78 is 37.7. The highest BCUT2D eigenvalue weighted by atomic mass is 32.2. The van der Waals surface area contributed by atoms with Crippen LogP contribution in [0.15, 0.2) is 34.8 Å². The van der Waals surface area contributed by atoms with Crippen molar-refractivity contribution in [2.24, 2.45) is 0 Å². The lowest BCUT2D eigenvalue weighted by Gasteiger charge is -2.04. The standard InChI is InChI=1S/C13H8FN2O2S2/c1-20(17,18)8-2-3-9(11(14)4-8)10-6-19-12-5-15-7-16-13(10)12/h2-4,6-7H,1H3. The summed E-state index contributed by atoms with van der Waals surface area (Å²) in [4.78, 5) is 7.86. The van der Waals surface area contributed by atoms with Gasteiger partial charge in [-0.2, -0.15) is 0 Å². The van der Waals surface area contributed by atoms with Crippen molar-refractivity contribution < 1.29 is 12.8 Å². The summed E-state index contributed by atoms with van der Waals surface area (Å²) in [6, 6.07) is 3.87. The van der Waals surface area contributed by atoms with Crippen LogP contribution >= 0.6 is 11.3 Å². The van der Waals surface area contributed by atoms with Gasteiger partial charge >= 0.3 is 0 Å². The first kappa shape index (κ1) is 13.1. The number of sulfone groups is 1. The van der Waals surface area contributed by atoms with Gasteiger partial charge in [0.25, 0.3) is 0 Å². The highest BCUT2D eigenvalue weighted by Crippen LogP contribution is 2.33. The molecule has 0 N–H and O–H groups in total. The number of thiophene rings is 1. The Morgan fingerprint density at radius 1 is 1.30 bits per heavy atom. The molecule has 0 aliphatic heterocycles. The summed E-state index contributed by atoms with van der Waals surface area (Å²) >= 11 is 1.36. The topological polar surface area (TPSA) is 59.9 Å². The van der Waals surface area contributed by atoms with Crippen molar-refractivity contribution in [1.82, 2.24) is 9.97 Å². The molecule has 101 valence electrons. The maximum Gasteiger partial charge on any atom is 0.175 e. The van der Waals surface area contributed by atoms with Crippen molar-refractivity contribution >= 4 is 31.4 Å². The molecular formula is C13H8FN2O2S2. The molecule has 0 unspecified atom stereocenters. The van der Waals surface area contributed by atoms with Crippen molar-refractivity contribution in [3.8, 4) is 11.1 Å². The Morgan fingerprint density at radius 2 is 2.10 bits per heavy atom. The maximum absolute atomic E-state index is 14.2. The normalized spacial score (nSPS) is 11.9. The van der Waals surface area contributed by atoms with Gasteiger partial charge in [0.15, 0.2) is 9.84 Å². The van der Waals surface area contributed by atoms with Gasteiger partial charge in [-0.25, -0.2) is 22.8 Å². The molecule has 4 nitrogen and oxygen atoms in total. The molecule has 1 radical (unpaired) electrons. The first-order valence-electron chi connectivity index (χ1n) is 5.56. The van der Waals surface area contributed by atoms with Crippen molar-refractivity contribution in [3.05, 3.63) is 41.9 Å². The SMILES string of the molecule is CS(=O)(=O)c1ccc(-c2csc3[c]ncnc23)c(F)c1. The largest absolute Gasteiger partial charge is 0.235 e. The predicted octanol–water partition coefficient (Wildman–Crippen LogP) is 2.70. The summed E-state index contributed by atoms with van der Waals surface area (Å²) in [6.45, 7) is 0. The quantitative estimate of drug-likeness (QED) is 0.730. The van der Waals surface area contributed by atoms with Crippen LogP contribution in [0.5, 0.6) is 0 Å². The first-order valence-corrected chi connectivity index (χ1v) is 8.34. The van der Waals surface area contributed by atoms with Gasteiger partial charge in [-0.1, -0.05) is 6.07 Å². The fourth-order valence-electron chi connectivity index (χ4n) is 1.87. The van der Waals surface area contributed by atoms with Gasteiger partial charge in [0.2, 0.25) is 0 Å². The van der Waals surface area contributed by atoms with E-state index in [1.807, 2.05) is 0 Å². The van der Waals surface area contributed by atoms with Gasteiger partial charge < -0.3 is 0 Å². The van der Waals surface area contributed by atoms with E-state index in [0.29, 0.717) is 16.6 Å². The Hall–Kier alpha value is -1.86. The molecule has 3 rings (SSSR count). The smallest absolute Gasteiger partial charge is 0.175 e. The molecule has 0 aliphatic carbocycles. The van der Waals surface area contributed by atoms with E-state index in [2.05, 4.69) is 16.2 Å². The Labute approximate surface area is 118 Å². The van der Waals surface area contributed by atoms with Crippen molar-refractivity contribution in [2.75, 3.05) is 6.26 Å². The average molecular weight is 307 g/mol. The molecule has 1 aromatic carbocycles. The van der Waals surface area contributed by atoms with Gasteiger partial charge in [-0.05, 0) is 12.1 Å². The number of hydrogen-bond donors (Lipinski definition) is 0. The zero-order valence-corrected chi connectivity index (χ0v) is 11.9. The zero-order chi connectivity index (χ0) is 14.3. The molecule has 0 fully saturated rings. The van der Waals surface area contributed by atoms with Crippen LogP contribution in [0.4, 0.5) is 4.39 Å². The van der Waals surface area contributed by atoms with Crippen molar-refractivity contribution in [1.29, 1.82) is 0 Å². The van der Waals surface area contributed by atoms with E-state index in [-0.39, 0.29) is 4.90 Å². The van der Waals surface area contributed by atoms with Gasteiger partial charge in [0.05, 0.1) is 15.1 Å². The molecule has 20 heavy (non-hydrogen) atoms. The Balaban J connectivity index is 2.21. The second-order valence-electron chi connectivity index (χ2n) is 4.23. The van der Waals surface area contributed by atoms with Crippen LogP contribution in [-0.4, -0.2) is 24.6 Å². The molecule has 0 amide bonds. The number of benzene rings is 1. The second kappa shape index (κ2) is 4.60. The van der Waals surface area contributed by atoms with Crippen LogP contribution in [-0.2, 0) is 9.84 Å². The minimum Gasteiger partial charge on any atom is -0.235 e. The Morgan fingerprint density at radius 3 is 2.80 bits per heavy atom. The fraction of sp³-hybridized carbons (Fsp3) is 0.0769. The molecule has 0 saturated carbocycles. The third kappa shape index (κ3) is 2.19. The van der Waals surface area contributed by atoms with E-state index in [1.54, 1.807) is 5.38 Å². The van der Waals surface area contributed by atoms with E-state index in [9.17, 15) is 12.8 Å². The first-order chi connectivity index (χ1) is 9.47. The number of rotatable bonds is 2. The Kier molecular flexibility index (Phi) is 3.02. The van der Waals surface area contributed by atoms with E-state index in [1.165, 1.54) is 29.8 Å². The lowest BCUT2D eigenvalue weighted by atomic mass is 10.1. The van der Waals surface area contributed by atoms with Crippen LogP contribution in [0.25, 0.3) is 21.3 Å². The minimum absolute atomic E-state index is 0.0422. The number of fused-ring (bicyclic) bond motifs is 1. The van der Waals surface area contributed by atoms with Crippen LogP contribution in [0.1, 0.15) is 0 Å². The lowest BCUT2D eigenvalue weighted by molar-refractivity contribution is 0.596. The molecule has 0 atom stereocenters. The highest BCUT2D eigenvalue weighted by molar-refractivity contribution is 7.90. The van der Waals surface area contributed by atoms with E-state index in [0.717, 1.165) is 17.0 Å². The van der Waals surface area contributed by atoms with Gasteiger partial charge in [0, 0.05) is 22.8 Å². The van der Waals surface area contributed by atoms with Crippen LogP contribution in [0, 0.1) is 12.0 Å². The van der Waals surface area contributed by atoms with E-state index < -0.39 is 15.7 Å². The maximum atomic E-state index is 14.2. The highest BCUT2D eigenvalue weighted by Gasteiger charge is 2.15. The average Bonchev–Trinajstić information content (AvgIpc) is 2.81. The van der Waals surface area contributed by atoms with Crippen molar-refractivity contribution in [2.45, 2.75) is 4.90 Å². The van der Waals surface area contributed by atoms with Gasteiger partial charge in [0.1, 0.15) is 18.3 Å². The predicted molar refractivity (Wildman–Crippen MR) is 74.8 cm³/mol. The molecule has 0 spiro atoms. The summed E-state index contributed by atoms with van der Waals surface area (Å²) in [5, 5.41) is 1.76. The van der Waals surface area contributed by atoms with Crippen LogP contribution < -0.4 is 0 Å². The van der Waals surface area contributed by atoms with E-state index >= 15 is 0 Å². The molecule has 0 saturated heterocycles. The molecule has 3 aromatic rings. The third-order valence-corrected chi connectivity index (χ3v) is 4.82. The monoisotopic (exact) mass is 307 g/mol. The number of halogens is 1. The molecule has 2 aromatic heterocycles. The molecule has 0 bridgehead atoms. The zero-order valence-electron chi connectivity index (χ0n) is 10.3. The summed E-state index contributed by atoms with van der Waals surface area (Å²) in [5.74, 6) is -0.591.